The van der Waals surface area contributed by atoms with Gasteiger partial charge in [0.05, 0.1) is 25.7 Å². The highest BCUT2D eigenvalue weighted by Gasteiger charge is 2.43. The lowest BCUT2D eigenvalue weighted by molar-refractivity contribution is -0.118. The van der Waals surface area contributed by atoms with Gasteiger partial charge in [0.2, 0.25) is 0 Å². The van der Waals surface area contributed by atoms with Crippen LogP contribution in [-0.2, 0) is 4.79 Å². The van der Waals surface area contributed by atoms with Gasteiger partial charge in [0, 0.05) is 29.0 Å². The van der Waals surface area contributed by atoms with Crippen molar-refractivity contribution in [2.45, 2.75) is 58.0 Å². The first-order valence-corrected chi connectivity index (χ1v) is 12.6. The lowest BCUT2D eigenvalue weighted by atomic mass is 9.69. The van der Waals surface area contributed by atoms with Gasteiger partial charge in [-0.15, -0.1) is 0 Å². The van der Waals surface area contributed by atoms with E-state index in [1.165, 1.54) is 0 Å². The van der Waals surface area contributed by atoms with Gasteiger partial charge < -0.3 is 19.8 Å². The predicted molar refractivity (Wildman–Crippen MR) is 135 cm³/mol. The zero-order chi connectivity index (χ0) is 24.6. The normalized spacial score (nSPS) is 18.9. The highest BCUT2D eigenvalue weighted by Crippen LogP contribution is 2.49. The van der Waals surface area contributed by atoms with Gasteiger partial charge in [-0.05, 0) is 42.4 Å². The molecule has 4 rings (SSSR count). The average molecular weight is 484 g/mol. The Morgan fingerprint density at radius 1 is 1.18 bits per heavy atom. The standard InChI is InChI=1S/C26H33N3O4S/c1-14(2)9-10-34-25-28-23-22(24(31)29-25)20(16-11-15(32-5)7-8-19(16)33-6)21-17(27-23)12-26(3,4)13-18(21)30/h7-8,11,14,20H,9-10,12-13H2,1-6H3,(H2,27,28,29,31). The smallest absolute Gasteiger partial charge is 0.257 e. The molecule has 0 bridgehead atoms. The van der Waals surface area contributed by atoms with Crippen LogP contribution in [0.5, 0.6) is 11.5 Å². The van der Waals surface area contributed by atoms with Crippen LogP contribution in [0, 0.1) is 11.3 Å². The average Bonchev–Trinajstić information content (AvgIpc) is 2.76. The van der Waals surface area contributed by atoms with Crippen LogP contribution < -0.4 is 20.3 Å². The Bertz CT molecular complexity index is 1200. The molecule has 0 saturated heterocycles. The molecule has 2 N–H and O–H groups in total. The summed E-state index contributed by atoms with van der Waals surface area (Å²) in [7, 11) is 3.18. The molecule has 2 aliphatic rings. The molecular formula is C26H33N3O4S. The number of ether oxygens (including phenoxy) is 2. The van der Waals surface area contributed by atoms with Gasteiger partial charge in [0.15, 0.2) is 10.9 Å². The predicted octanol–water partition coefficient (Wildman–Crippen LogP) is 5.13. The number of aromatic amines is 1. The van der Waals surface area contributed by atoms with E-state index >= 15 is 0 Å². The van der Waals surface area contributed by atoms with Gasteiger partial charge in [0.25, 0.3) is 5.56 Å². The molecule has 1 atom stereocenters. The Balaban J connectivity index is 1.90. The lowest BCUT2D eigenvalue weighted by Crippen LogP contribution is -2.37. The van der Waals surface area contributed by atoms with Crippen LogP contribution in [-0.4, -0.2) is 35.7 Å². The maximum Gasteiger partial charge on any atom is 0.257 e. The van der Waals surface area contributed by atoms with Crippen LogP contribution in [0.15, 0.2) is 39.4 Å². The number of hydrogen-bond donors (Lipinski definition) is 2. The number of anilines is 1. The SMILES string of the molecule is COc1ccc(OC)c(C2C3=C(CC(C)(C)CC3=O)Nc3nc(SCCC(C)C)[nH]c(=O)c32)c1. The van der Waals surface area contributed by atoms with E-state index in [2.05, 4.69) is 38.0 Å². The molecule has 0 fully saturated rings. The monoisotopic (exact) mass is 483 g/mol. The molecule has 0 radical (unpaired) electrons. The van der Waals surface area contributed by atoms with Crippen molar-refractivity contribution in [2.24, 2.45) is 11.3 Å². The maximum atomic E-state index is 13.5. The number of carbonyl (C=O) groups is 1. The van der Waals surface area contributed by atoms with Gasteiger partial charge in [-0.2, -0.15) is 0 Å². The van der Waals surface area contributed by atoms with Gasteiger partial charge in [-0.25, -0.2) is 4.98 Å². The first-order chi connectivity index (χ1) is 16.1. The number of Topliss-reactive ketones (excluding diaryl/α,β-unsaturated/α-hetero) is 1. The molecule has 1 aliphatic carbocycles. The third-order valence-electron chi connectivity index (χ3n) is 6.38. The molecule has 0 amide bonds. The maximum absolute atomic E-state index is 13.5. The Hall–Kier alpha value is -2.74. The largest absolute Gasteiger partial charge is 0.497 e. The van der Waals surface area contributed by atoms with Crippen molar-refractivity contribution in [2.75, 3.05) is 25.3 Å². The number of methoxy groups -OCH3 is 2. The number of rotatable bonds is 7. The summed E-state index contributed by atoms with van der Waals surface area (Å²) in [6.45, 7) is 8.52. The highest BCUT2D eigenvalue weighted by atomic mass is 32.2. The van der Waals surface area contributed by atoms with Crippen molar-refractivity contribution >= 4 is 23.4 Å². The molecule has 8 heteroatoms. The van der Waals surface area contributed by atoms with E-state index in [9.17, 15) is 9.59 Å². The zero-order valence-corrected chi connectivity index (χ0v) is 21.5. The number of aromatic nitrogens is 2. The van der Waals surface area contributed by atoms with Crippen LogP contribution in [0.4, 0.5) is 5.82 Å². The second-order valence-electron chi connectivity index (χ2n) is 10.2. The summed E-state index contributed by atoms with van der Waals surface area (Å²) in [6, 6.07) is 5.47. The molecule has 7 nitrogen and oxygen atoms in total. The summed E-state index contributed by atoms with van der Waals surface area (Å²) in [5.74, 6) is 2.62. The number of nitrogens with zero attached hydrogens (tertiary/aromatic N) is 1. The van der Waals surface area contributed by atoms with E-state index in [1.54, 1.807) is 26.0 Å². The van der Waals surface area contributed by atoms with Crippen molar-refractivity contribution < 1.29 is 14.3 Å². The molecule has 182 valence electrons. The summed E-state index contributed by atoms with van der Waals surface area (Å²) < 4.78 is 11.1. The zero-order valence-electron chi connectivity index (χ0n) is 20.7. The molecule has 1 unspecified atom stereocenters. The van der Waals surface area contributed by atoms with E-state index in [1.807, 2.05) is 18.2 Å². The van der Waals surface area contributed by atoms with E-state index in [0.29, 0.717) is 52.4 Å². The summed E-state index contributed by atoms with van der Waals surface area (Å²) >= 11 is 1.54. The van der Waals surface area contributed by atoms with E-state index in [-0.39, 0.29) is 16.8 Å². The third kappa shape index (κ3) is 4.73. The molecule has 1 aromatic carbocycles. The van der Waals surface area contributed by atoms with Crippen molar-refractivity contribution in [1.29, 1.82) is 0 Å². The number of nitrogens with one attached hydrogen (secondary N) is 2. The molecular weight excluding hydrogens is 450 g/mol. The minimum atomic E-state index is -0.592. The Morgan fingerprint density at radius 2 is 1.94 bits per heavy atom. The molecule has 34 heavy (non-hydrogen) atoms. The fourth-order valence-corrected chi connectivity index (χ4v) is 5.83. The fourth-order valence-electron chi connectivity index (χ4n) is 4.73. The summed E-state index contributed by atoms with van der Waals surface area (Å²) in [5.41, 5.74) is 2.18. The Labute approximate surface area is 204 Å². The number of carbonyl (C=O) groups excluding carboxylic acids is 1. The lowest BCUT2D eigenvalue weighted by Gasteiger charge is -2.38. The van der Waals surface area contributed by atoms with Crippen LogP contribution in [0.25, 0.3) is 0 Å². The van der Waals surface area contributed by atoms with Crippen molar-refractivity contribution in [3.05, 3.63) is 50.9 Å². The van der Waals surface area contributed by atoms with Gasteiger partial charge >= 0.3 is 0 Å². The van der Waals surface area contributed by atoms with Crippen LogP contribution in [0.3, 0.4) is 0 Å². The number of H-pyrrole nitrogens is 1. The molecule has 2 aromatic rings. The summed E-state index contributed by atoms with van der Waals surface area (Å²) in [5, 5.41) is 3.96. The molecule has 1 aromatic heterocycles. The highest BCUT2D eigenvalue weighted by molar-refractivity contribution is 7.99. The van der Waals surface area contributed by atoms with Crippen molar-refractivity contribution in [1.82, 2.24) is 9.97 Å². The van der Waals surface area contributed by atoms with E-state index < -0.39 is 5.92 Å². The van der Waals surface area contributed by atoms with Gasteiger partial charge in [0.1, 0.15) is 17.3 Å². The van der Waals surface area contributed by atoms with Crippen LogP contribution in [0.2, 0.25) is 0 Å². The second kappa shape index (κ2) is 9.49. The molecule has 0 spiro atoms. The quantitative estimate of drug-likeness (QED) is 0.417. The third-order valence-corrected chi connectivity index (χ3v) is 7.29. The van der Waals surface area contributed by atoms with Crippen molar-refractivity contribution in [3.8, 4) is 11.5 Å². The molecule has 2 heterocycles. The van der Waals surface area contributed by atoms with E-state index in [0.717, 1.165) is 23.4 Å². The molecule has 0 saturated carbocycles. The summed E-state index contributed by atoms with van der Waals surface area (Å²) in [6.07, 6.45) is 2.14. The minimum absolute atomic E-state index is 0.0362. The number of thioether (sulfide) groups is 1. The van der Waals surface area contributed by atoms with E-state index in [4.69, 9.17) is 14.5 Å². The minimum Gasteiger partial charge on any atom is -0.497 e. The van der Waals surface area contributed by atoms with Gasteiger partial charge in [-0.3, -0.25) is 9.59 Å². The first-order valence-electron chi connectivity index (χ1n) is 11.7. The second-order valence-corrected chi connectivity index (χ2v) is 11.2. The van der Waals surface area contributed by atoms with Crippen molar-refractivity contribution in [3.63, 3.8) is 0 Å². The number of hydrogen-bond acceptors (Lipinski definition) is 7. The first kappa shape index (κ1) is 24.4. The molecule has 1 aliphatic heterocycles. The topological polar surface area (TPSA) is 93.3 Å². The number of benzene rings is 1. The summed E-state index contributed by atoms with van der Waals surface area (Å²) in [4.78, 5) is 34.7. The Morgan fingerprint density at radius 3 is 2.62 bits per heavy atom. The number of fused-ring (bicyclic) bond motifs is 1. The van der Waals surface area contributed by atoms with Crippen LogP contribution >= 0.6 is 11.8 Å². The number of allylic oxidation sites excluding steroid dienone is 2. The van der Waals surface area contributed by atoms with Gasteiger partial charge in [-0.1, -0.05) is 39.5 Å². The number of ketones is 1. The van der Waals surface area contributed by atoms with Crippen LogP contribution in [0.1, 0.15) is 64.0 Å². The fraction of sp³-hybridized carbons (Fsp3) is 0.500. The Kier molecular flexibility index (Phi) is 6.80.